The van der Waals surface area contributed by atoms with Crippen LogP contribution in [0.15, 0.2) is 21.9 Å². The third-order valence-electron chi connectivity index (χ3n) is 4.41. The molecule has 8 nitrogen and oxygen atoms in total. The van der Waals surface area contributed by atoms with Gasteiger partial charge in [0.1, 0.15) is 6.54 Å². The van der Waals surface area contributed by atoms with E-state index in [1.165, 1.54) is 23.9 Å². The van der Waals surface area contributed by atoms with E-state index in [1.54, 1.807) is 11.9 Å². The van der Waals surface area contributed by atoms with Gasteiger partial charge in [-0.2, -0.15) is 0 Å². The van der Waals surface area contributed by atoms with E-state index in [0.717, 1.165) is 37.4 Å². The number of aromatic nitrogens is 2. The second kappa shape index (κ2) is 7.97. The Morgan fingerprint density at radius 1 is 1.28 bits per heavy atom. The number of ether oxygens (including phenoxy) is 1. The Balaban J connectivity index is 1.96. The average Bonchev–Trinajstić information content (AvgIpc) is 2.55. The van der Waals surface area contributed by atoms with Gasteiger partial charge in [0, 0.05) is 52.5 Å². The van der Waals surface area contributed by atoms with Crippen molar-refractivity contribution in [3.63, 3.8) is 0 Å². The highest BCUT2D eigenvalue weighted by Crippen LogP contribution is 2.19. The van der Waals surface area contributed by atoms with Crippen LogP contribution in [0, 0.1) is 5.41 Å². The monoisotopic (exact) mass is 352 g/mol. The Kier molecular flexibility index (Phi) is 6.18. The number of carbonyl (C=O) groups is 1. The van der Waals surface area contributed by atoms with Gasteiger partial charge < -0.3 is 9.64 Å². The Hall–Kier alpha value is -1.93. The van der Waals surface area contributed by atoms with Gasteiger partial charge in [-0.15, -0.1) is 0 Å². The minimum Gasteiger partial charge on any atom is -0.379 e. The summed E-state index contributed by atoms with van der Waals surface area (Å²) in [6.07, 6.45) is 1.37. The van der Waals surface area contributed by atoms with E-state index in [0.29, 0.717) is 6.54 Å². The van der Waals surface area contributed by atoms with Gasteiger partial charge in [0.15, 0.2) is 0 Å². The molecule has 0 saturated carbocycles. The highest BCUT2D eigenvalue weighted by Gasteiger charge is 2.26. The third kappa shape index (κ3) is 5.27. The summed E-state index contributed by atoms with van der Waals surface area (Å²) in [6, 6.07) is 1.29. The summed E-state index contributed by atoms with van der Waals surface area (Å²) in [4.78, 5) is 39.9. The largest absolute Gasteiger partial charge is 0.379 e. The van der Waals surface area contributed by atoms with Crippen molar-refractivity contribution in [2.45, 2.75) is 20.4 Å². The summed E-state index contributed by atoms with van der Waals surface area (Å²) < 4.78 is 7.62. The number of hydrogen-bond acceptors (Lipinski definition) is 5. The van der Waals surface area contributed by atoms with Gasteiger partial charge >= 0.3 is 5.69 Å². The van der Waals surface area contributed by atoms with Crippen molar-refractivity contribution in [1.29, 1.82) is 0 Å². The van der Waals surface area contributed by atoms with E-state index < -0.39 is 5.69 Å². The summed E-state index contributed by atoms with van der Waals surface area (Å²) in [5.74, 6) is -0.157. The molecule has 0 bridgehead atoms. The first kappa shape index (κ1) is 19.4. The molecular weight excluding hydrogens is 324 g/mol. The smallest absolute Gasteiger partial charge is 0.331 e. The number of rotatable bonds is 6. The van der Waals surface area contributed by atoms with Crippen molar-refractivity contribution in [2.75, 3.05) is 46.4 Å². The van der Waals surface area contributed by atoms with Crippen LogP contribution in [0.25, 0.3) is 0 Å². The first-order valence-corrected chi connectivity index (χ1v) is 8.50. The van der Waals surface area contributed by atoms with Gasteiger partial charge in [-0.3, -0.25) is 23.6 Å². The van der Waals surface area contributed by atoms with Crippen LogP contribution in [-0.2, 0) is 23.1 Å². The molecule has 0 N–H and O–H groups in total. The first-order chi connectivity index (χ1) is 11.7. The van der Waals surface area contributed by atoms with E-state index in [1.807, 2.05) is 0 Å². The lowest BCUT2D eigenvalue weighted by atomic mass is 9.91. The van der Waals surface area contributed by atoms with Crippen molar-refractivity contribution in [1.82, 2.24) is 18.9 Å². The van der Waals surface area contributed by atoms with E-state index in [9.17, 15) is 14.4 Å². The molecule has 25 heavy (non-hydrogen) atoms. The van der Waals surface area contributed by atoms with Crippen molar-refractivity contribution in [3.8, 4) is 0 Å². The van der Waals surface area contributed by atoms with Gasteiger partial charge in [-0.25, -0.2) is 4.79 Å². The molecule has 0 aliphatic carbocycles. The second-order valence-corrected chi connectivity index (χ2v) is 7.43. The number of hydrogen-bond donors (Lipinski definition) is 0. The zero-order valence-electron chi connectivity index (χ0n) is 15.5. The van der Waals surface area contributed by atoms with Crippen LogP contribution in [0.1, 0.15) is 13.8 Å². The number of amides is 1. The molecule has 0 unspecified atom stereocenters. The summed E-state index contributed by atoms with van der Waals surface area (Å²) >= 11 is 0. The average molecular weight is 352 g/mol. The van der Waals surface area contributed by atoms with Gasteiger partial charge in [-0.05, 0) is 5.41 Å². The number of likely N-dealkylation sites (N-methyl/N-ethyl adjacent to an activating group) is 1. The highest BCUT2D eigenvalue weighted by atomic mass is 16.5. The van der Waals surface area contributed by atoms with Crippen molar-refractivity contribution in [2.24, 2.45) is 12.5 Å². The Morgan fingerprint density at radius 3 is 2.56 bits per heavy atom. The standard InChI is InChI=1S/C17H28N4O4/c1-17(2,13-20-7-9-25-10-8-20)12-18(3)15(23)11-21-6-5-14(22)19(4)16(21)24/h5-6H,7-13H2,1-4H3. The lowest BCUT2D eigenvalue weighted by Crippen LogP contribution is -2.47. The Labute approximate surface area is 147 Å². The molecule has 0 spiro atoms. The predicted molar refractivity (Wildman–Crippen MR) is 94.6 cm³/mol. The van der Waals surface area contributed by atoms with Crippen LogP contribution in [0.4, 0.5) is 0 Å². The normalized spacial score (nSPS) is 16.0. The molecule has 1 aliphatic rings. The molecule has 1 aromatic rings. The van der Waals surface area contributed by atoms with Crippen molar-refractivity contribution < 1.29 is 9.53 Å². The molecular formula is C17H28N4O4. The molecule has 1 fully saturated rings. The molecule has 0 atom stereocenters. The lowest BCUT2D eigenvalue weighted by molar-refractivity contribution is -0.132. The topological polar surface area (TPSA) is 76.8 Å². The summed E-state index contributed by atoms with van der Waals surface area (Å²) in [7, 11) is 3.15. The maximum absolute atomic E-state index is 12.5. The summed E-state index contributed by atoms with van der Waals surface area (Å²) in [6.45, 7) is 8.98. The van der Waals surface area contributed by atoms with Crippen LogP contribution in [0.3, 0.4) is 0 Å². The zero-order valence-corrected chi connectivity index (χ0v) is 15.5. The Bertz CT molecular complexity index is 716. The number of carbonyl (C=O) groups excluding carboxylic acids is 1. The molecule has 1 aromatic heterocycles. The van der Waals surface area contributed by atoms with Crippen molar-refractivity contribution >= 4 is 5.91 Å². The molecule has 0 radical (unpaired) electrons. The minimum atomic E-state index is -0.484. The molecule has 8 heteroatoms. The van der Waals surface area contributed by atoms with E-state index in [4.69, 9.17) is 4.74 Å². The Morgan fingerprint density at radius 2 is 1.92 bits per heavy atom. The van der Waals surface area contributed by atoms with Gasteiger partial charge in [0.25, 0.3) is 5.56 Å². The number of morpholine rings is 1. The van der Waals surface area contributed by atoms with E-state index >= 15 is 0 Å². The third-order valence-corrected chi connectivity index (χ3v) is 4.41. The molecule has 2 heterocycles. The van der Waals surface area contributed by atoms with Crippen molar-refractivity contribution in [3.05, 3.63) is 33.1 Å². The number of nitrogens with zero attached hydrogens (tertiary/aromatic N) is 4. The maximum atomic E-state index is 12.5. The fourth-order valence-corrected chi connectivity index (χ4v) is 3.15. The summed E-state index contributed by atoms with van der Waals surface area (Å²) in [5.41, 5.74) is -0.938. The van der Waals surface area contributed by atoms with E-state index in [-0.39, 0.29) is 23.4 Å². The molecule has 0 aromatic carbocycles. The molecule has 1 aliphatic heterocycles. The first-order valence-electron chi connectivity index (χ1n) is 8.50. The summed E-state index contributed by atoms with van der Waals surface area (Å²) in [5, 5.41) is 0. The molecule has 1 saturated heterocycles. The van der Waals surface area contributed by atoms with Crippen LogP contribution < -0.4 is 11.2 Å². The SMILES string of the molecule is CN(CC(C)(C)CN1CCOCC1)C(=O)Cn1ccc(=O)n(C)c1=O. The minimum absolute atomic E-state index is 0.0723. The maximum Gasteiger partial charge on any atom is 0.331 e. The lowest BCUT2D eigenvalue weighted by Gasteiger charge is -2.37. The molecule has 2 rings (SSSR count). The van der Waals surface area contributed by atoms with Gasteiger partial charge in [0.05, 0.1) is 13.2 Å². The quantitative estimate of drug-likeness (QED) is 0.681. The van der Waals surface area contributed by atoms with Crippen LogP contribution in [-0.4, -0.2) is 71.3 Å². The zero-order chi connectivity index (χ0) is 18.6. The molecule has 1 amide bonds. The second-order valence-electron chi connectivity index (χ2n) is 7.43. The fourth-order valence-electron chi connectivity index (χ4n) is 3.15. The molecule has 140 valence electrons. The van der Waals surface area contributed by atoms with Crippen LogP contribution in [0.5, 0.6) is 0 Å². The van der Waals surface area contributed by atoms with E-state index in [2.05, 4.69) is 18.7 Å². The highest BCUT2D eigenvalue weighted by molar-refractivity contribution is 5.75. The predicted octanol–water partition coefficient (Wildman–Crippen LogP) is -0.636. The van der Waals surface area contributed by atoms with Gasteiger partial charge in [-0.1, -0.05) is 13.8 Å². The van der Waals surface area contributed by atoms with Crippen LogP contribution in [0.2, 0.25) is 0 Å². The van der Waals surface area contributed by atoms with Crippen LogP contribution >= 0.6 is 0 Å². The van der Waals surface area contributed by atoms with Gasteiger partial charge in [0.2, 0.25) is 5.91 Å². The fraction of sp³-hybridized carbons (Fsp3) is 0.706.